The van der Waals surface area contributed by atoms with E-state index in [1.807, 2.05) is 6.07 Å². The fourth-order valence-corrected chi connectivity index (χ4v) is 0.894. The molecule has 1 aromatic carbocycles. The highest BCUT2D eigenvalue weighted by Crippen LogP contribution is 2.13. The van der Waals surface area contributed by atoms with Crippen LogP contribution in [0.25, 0.3) is 10.4 Å². The first-order chi connectivity index (χ1) is 5.86. The van der Waals surface area contributed by atoms with Crippen LogP contribution >= 0.6 is 0 Å². The van der Waals surface area contributed by atoms with Crippen molar-refractivity contribution in [1.82, 2.24) is 0 Å². The second-order valence-electron chi connectivity index (χ2n) is 2.23. The average Bonchev–Trinajstić information content (AvgIpc) is 2.06. The molecule has 0 aromatic heterocycles. The molecule has 4 nitrogen and oxygen atoms in total. The van der Waals surface area contributed by atoms with E-state index in [4.69, 9.17) is 5.53 Å². The number of hydrogen-bond donors (Lipinski definition) is 0. The highest BCUT2D eigenvalue weighted by molar-refractivity contribution is 5.56. The number of carbonyl (C=O) groups is 1. The Labute approximate surface area is 69.5 Å². The summed E-state index contributed by atoms with van der Waals surface area (Å²) in [6.45, 7) is 0. The molecule has 0 aliphatic carbocycles. The SMILES string of the molecule is [N-]=[N+]=Nc1cccc(CC=O)c1. The van der Waals surface area contributed by atoms with Crippen LogP contribution in [0.2, 0.25) is 0 Å². The van der Waals surface area contributed by atoms with Crippen LogP contribution in [-0.4, -0.2) is 6.29 Å². The van der Waals surface area contributed by atoms with Crippen molar-refractivity contribution < 1.29 is 4.79 Å². The Morgan fingerprint density at radius 3 is 3.08 bits per heavy atom. The van der Waals surface area contributed by atoms with Crippen LogP contribution in [0.1, 0.15) is 5.56 Å². The highest BCUT2D eigenvalue weighted by Gasteiger charge is 1.91. The van der Waals surface area contributed by atoms with Crippen LogP contribution in [0.3, 0.4) is 0 Å². The number of nitrogens with zero attached hydrogens (tertiary/aromatic N) is 3. The predicted molar refractivity (Wildman–Crippen MR) is 45.0 cm³/mol. The summed E-state index contributed by atoms with van der Waals surface area (Å²) in [7, 11) is 0. The van der Waals surface area contributed by atoms with Crippen molar-refractivity contribution in [3.05, 3.63) is 40.3 Å². The van der Waals surface area contributed by atoms with E-state index in [-0.39, 0.29) is 0 Å². The van der Waals surface area contributed by atoms with Crippen LogP contribution in [0.15, 0.2) is 29.4 Å². The Bertz CT molecular complexity index is 329. The Balaban J connectivity index is 2.94. The first-order valence-corrected chi connectivity index (χ1v) is 3.44. The molecule has 1 rings (SSSR count). The van der Waals surface area contributed by atoms with Crippen molar-refractivity contribution in [2.24, 2.45) is 5.11 Å². The Hall–Kier alpha value is -1.80. The second-order valence-corrected chi connectivity index (χ2v) is 2.23. The molecule has 0 aliphatic heterocycles. The molecule has 0 radical (unpaired) electrons. The Morgan fingerprint density at radius 1 is 1.58 bits per heavy atom. The number of azide groups is 1. The van der Waals surface area contributed by atoms with Gasteiger partial charge in [-0.25, -0.2) is 0 Å². The summed E-state index contributed by atoms with van der Waals surface area (Å²) in [6.07, 6.45) is 1.17. The molecule has 0 heterocycles. The third-order valence-electron chi connectivity index (χ3n) is 1.39. The van der Waals surface area contributed by atoms with Crippen LogP contribution in [-0.2, 0) is 11.2 Å². The molecule has 1 aromatic rings. The summed E-state index contributed by atoms with van der Waals surface area (Å²) in [5, 5.41) is 3.41. The van der Waals surface area contributed by atoms with E-state index < -0.39 is 0 Å². The minimum absolute atomic E-state index is 0.356. The van der Waals surface area contributed by atoms with Gasteiger partial charge in [-0.1, -0.05) is 23.3 Å². The van der Waals surface area contributed by atoms with Gasteiger partial charge in [0.25, 0.3) is 0 Å². The average molecular weight is 161 g/mol. The smallest absolute Gasteiger partial charge is 0.124 e. The number of hydrogen-bond acceptors (Lipinski definition) is 2. The minimum atomic E-state index is 0.356. The number of aldehydes is 1. The molecule has 0 saturated carbocycles. The van der Waals surface area contributed by atoms with Crippen molar-refractivity contribution in [2.45, 2.75) is 6.42 Å². The van der Waals surface area contributed by atoms with E-state index in [1.165, 1.54) is 0 Å². The molecular formula is C8H7N3O. The zero-order valence-corrected chi connectivity index (χ0v) is 6.34. The van der Waals surface area contributed by atoms with Crippen molar-refractivity contribution in [2.75, 3.05) is 0 Å². The van der Waals surface area contributed by atoms with E-state index in [1.54, 1.807) is 18.2 Å². The fraction of sp³-hybridized carbons (Fsp3) is 0.125. The molecule has 0 bridgehead atoms. The fourth-order valence-electron chi connectivity index (χ4n) is 0.894. The third kappa shape index (κ3) is 2.11. The summed E-state index contributed by atoms with van der Waals surface area (Å²) in [5.41, 5.74) is 9.52. The van der Waals surface area contributed by atoms with E-state index in [0.29, 0.717) is 12.1 Å². The quantitative estimate of drug-likeness (QED) is 0.290. The zero-order chi connectivity index (χ0) is 8.81. The van der Waals surface area contributed by atoms with Gasteiger partial charge in [0.05, 0.1) is 0 Å². The molecule has 4 heteroatoms. The molecule has 0 fully saturated rings. The summed E-state index contributed by atoms with van der Waals surface area (Å²) in [5.74, 6) is 0. The molecule has 0 N–H and O–H groups in total. The van der Waals surface area contributed by atoms with Gasteiger partial charge in [0.2, 0.25) is 0 Å². The van der Waals surface area contributed by atoms with Gasteiger partial charge < -0.3 is 4.79 Å². The summed E-state index contributed by atoms with van der Waals surface area (Å²) < 4.78 is 0. The van der Waals surface area contributed by atoms with Crippen LogP contribution in [0.5, 0.6) is 0 Å². The number of benzene rings is 1. The maximum Gasteiger partial charge on any atom is 0.124 e. The highest BCUT2D eigenvalue weighted by atomic mass is 16.1. The van der Waals surface area contributed by atoms with Crippen LogP contribution in [0.4, 0.5) is 5.69 Å². The molecule has 0 amide bonds. The Morgan fingerprint density at radius 2 is 2.42 bits per heavy atom. The summed E-state index contributed by atoms with van der Waals surface area (Å²) >= 11 is 0. The zero-order valence-electron chi connectivity index (χ0n) is 6.34. The predicted octanol–water partition coefficient (Wildman–Crippen LogP) is 2.37. The van der Waals surface area contributed by atoms with E-state index in [9.17, 15) is 4.79 Å². The molecule has 60 valence electrons. The van der Waals surface area contributed by atoms with E-state index in [2.05, 4.69) is 10.0 Å². The lowest BCUT2D eigenvalue weighted by Crippen LogP contribution is -1.83. The minimum Gasteiger partial charge on any atom is -0.303 e. The first kappa shape index (κ1) is 8.30. The Kier molecular flexibility index (Phi) is 2.87. The van der Waals surface area contributed by atoms with Gasteiger partial charge in [-0.15, -0.1) is 0 Å². The monoisotopic (exact) mass is 161 g/mol. The van der Waals surface area contributed by atoms with Crippen molar-refractivity contribution in [3.63, 3.8) is 0 Å². The lowest BCUT2D eigenvalue weighted by atomic mass is 10.1. The number of rotatable bonds is 3. The van der Waals surface area contributed by atoms with Crippen LogP contribution < -0.4 is 0 Å². The standard InChI is InChI=1S/C8H7N3O/c9-11-10-8-3-1-2-7(6-8)4-5-12/h1-3,5-6H,4H2. The van der Waals surface area contributed by atoms with Gasteiger partial charge in [-0.05, 0) is 17.2 Å². The lowest BCUT2D eigenvalue weighted by Gasteiger charge is -1.94. The van der Waals surface area contributed by atoms with E-state index >= 15 is 0 Å². The second kappa shape index (κ2) is 4.16. The maximum atomic E-state index is 10.1. The van der Waals surface area contributed by atoms with Gasteiger partial charge in [-0.2, -0.15) is 0 Å². The molecule has 0 aliphatic rings. The summed E-state index contributed by atoms with van der Waals surface area (Å²) in [6, 6.07) is 6.94. The number of carbonyl (C=O) groups excluding carboxylic acids is 1. The topological polar surface area (TPSA) is 65.8 Å². The van der Waals surface area contributed by atoms with Gasteiger partial charge in [0, 0.05) is 17.0 Å². The van der Waals surface area contributed by atoms with Crippen molar-refractivity contribution in [3.8, 4) is 0 Å². The summed E-state index contributed by atoms with van der Waals surface area (Å²) in [4.78, 5) is 12.8. The molecular weight excluding hydrogens is 154 g/mol. The van der Waals surface area contributed by atoms with Crippen molar-refractivity contribution >= 4 is 12.0 Å². The molecule has 0 unspecified atom stereocenters. The molecule has 12 heavy (non-hydrogen) atoms. The normalized spacial score (nSPS) is 8.67. The molecule has 0 spiro atoms. The largest absolute Gasteiger partial charge is 0.303 e. The van der Waals surface area contributed by atoms with Gasteiger partial charge in [0.1, 0.15) is 6.29 Å². The van der Waals surface area contributed by atoms with Crippen LogP contribution in [0, 0.1) is 0 Å². The van der Waals surface area contributed by atoms with Gasteiger partial charge in [-0.3, -0.25) is 0 Å². The molecule has 0 saturated heterocycles. The first-order valence-electron chi connectivity index (χ1n) is 3.44. The van der Waals surface area contributed by atoms with E-state index in [0.717, 1.165) is 11.8 Å². The third-order valence-corrected chi connectivity index (χ3v) is 1.39. The lowest BCUT2D eigenvalue weighted by molar-refractivity contribution is -0.107. The van der Waals surface area contributed by atoms with Crippen molar-refractivity contribution in [1.29, 1.82) is 0 Å². The van der Waals surface area contributed by atoms with Gasteiger partial charge >= 0.3 is 0 Å². The van der Waals surface area contributed by atoms with Gasteiger partial charge in [0.15, 0.2) is 0 Å². The molecule has 0 atom stereocenters. The maximum absolute atomic E-state index is 10.1.